The van der Waals surface area contributed by atoms with Gasteiger partial charge in [0.1, 0.15) is 5.84 Å². The number of fused-ring (bicyclic) bond motifs is 2. The maximum Gasteiger partial charge on any atom is 0.269 e. The highest BCUT2D eigenvalue weighted by molar-refractivity contribution is 5.93. The van der Waals surface area contributed by atoms with Crippen molar-refractivity contribution in [2.45, 2.75) is 26.8 Å². The van der Waals surface area contributed by atoms with Crippen molar-refractivity contribution in [2.24, 2.45) is 5.92 Å². The van der Waals surface area contributed by atoms with Crippen molar-refractivity contribution in [3.63, 3.8) is 0 Å². The van der Waals surface area contributed by atoms with E-state index in [1.807, 2.05) is 44.2 Å². The first-order valence-corrected chi connectivity index (χ1v) is 9.53. The van der Waals surface area contributed by atoms with Crippen LogP contribution in [0.3, 0.4) is 0 Å². The molecule has 0 saturated heterocycles. The Kier molecular flexibility index (Phi) is 4.62. The normalized spacial score (nSPS) is 13.6. The van der Waals surface area contributed by atoms with Crippen LogP contribution in [0.25, 0.3) is 10.8 Å². The number of nitro groups is 1. The van der Waals surface area contributed by atoms with E-state index in [0.717, 1.165) is 28.3 Å². The van der Waals surface area contributed by atoms with Gasteiger partial charge in [0.2, 0.25) is 0 Å². The molecule has 0 saturated carbocycles. The van der Waals surface area contributed by atoms with Gasteiger partial charge in [-0.05, 0) is 17.5 Å². The maximum absolute atomic E-state index is 11.2. The molecule has 2 N–H and O–H groups in total. The minimum Gasteiger partial charge on any atom is -0.350 e. The molecule has 0 spiro atoms. The number of rotatable bonds is 3. The summed E-state index contributed by atoms with van der Waals surface area (Å²) in [5.74, 6) is 0.879. The van der Waals surface area contributed by atoms with Crippen molar-refractivity contribution in [3.8, 4) is 0 Å². The lowest BCUT2D eigenvalue weighted by atomic mass is 9.98. The molecule has 1 aromatic heterocycles. The lowest BCUT2D eigenvalue weighted by Gasteiger charge is -2.31. The smallest absolute Gasteiger partial charge is 0.269 e. The number of nitrogens with zero attached hydrogens (tertiary/aromatic N) is 4. The van der Waals surface area contributed by atoms with Gasteiger partial charge in [-0.1, -0.05) is 44.2 Å². The van der Waals surface area contributed by atoms with E-state index >= 15 is 0 Å². The number of nitro benzene ring substituents is 1. The zero-order chi connectivity index (χ0) is 20.7. The first-order valence-electron chi connectivity index (χ1n) is 9.53. The first kappa shape index (κ1) is 18.8. The topological polar surface area (TPSA) is 112 Å². The molecule has 8 nitrogen and oxygen atoms in total. The molecule has 0 radical (unpaired) electrons. The highest BCUT2D eigenvalue weighted by Gasteiger charge is 2.23. The van der Waals surface area contributed by atoms with Crippen LogP contribution in [-0.2, 0) is 13.0 Å². The van der Waals surface area contributed by atoms with E-state index in [2.05, 4.69) is 10.00 Å². The summed E-state index contributed by atoms with van der Waals surface area (Å²) in [5.41, 5.74) is 2.30. The van der Waals surface area contributed by atoms with Gasteiger partial charge in [0, 0.05) is 41.9 Å². The number of nitrogens with one attached hydrogen (secondary N) is 2. The molecule has 0 atom stereocenters. The number of hydrogen-bond acceptors (Lipinski definition) is 6. The van der Waals surface area contributed by atoms with Crippen LogP contribution >= 0.6 is 0 Å². The number of aromatic nitrogens is 2. The van der Waals surface area contributed by atoms with Gasteiger partial charge in [-0.15, -0.1) is 5.10 Å². The fraction of sp³-hybridized carbons (Fsp3) is 0.286. The minimum absolute atomic E-state index is 0.0738. The van der Waals surface area contributed by atoms with Gasteiger partial charge in [-0.2, -0.15) is 4.68 Å². The van der Waals surface area contributed by atoms with Crippen molar-refractivity contribution in [3.05, 3.63) is 69.2 Å². The summed E-state index contributed by atoms with van der Waals surface area (Å²) in [6, 6.07) is 12.6. The molecular weight excluding hydrogens is 368 g/mol. The molecule has 8 heteroatoms. The van der Waals surface area contributed by atoms with Crippen LogP contribution in [0.2, 0.25) is 0 Å². The monoisotopic (exact) mass is 390 g/mol. The van der Waals surface area contributed by atoms with Crippen molar-refractivity contribution in [2.75, 3.05) is 11.4 Å². The molecule has 4 rings (SSSR count). The zero-order valence-electron chi connectivity index (χ0n) is 16.3. The molecule has 0 amide bonds. The fourth-order valence-corrected chi connectivity index (χ4v) is 3.69. The molecule has 0 aliphatic carbocycles. The van der Waals surface area contributed by atoms with Gasteiger partial charge < -0.3 is 4.90 Å². The molecule has 29 heavy (non-hydrogen) atoms. The Morgan fingerprint density at radius 2 is 1.90 bits per heavy atom. The van der Waals surface area contributed by atoms with Crippen LogP contribution in [0.4, 0.5) is 11.5 Å². The van der Waals surface area contributed by atoms with Crippen molar-refractivity contribution < 1.29 is 4.92 Å². The molecule has 3 aromatic rings. The highest BCUT2D eigenvalue weighted by atomic mass is 16.6. The average Bonchev–Trinajstić information content (AvgIpc) is 2.73. The summed E-state index contributed by atoms with van der Waals surface area (Å²) in [5, 5.41) is 34.3. The summed E-state index contributed by atoms with van der Waals surface area (Å²) in [4.78, 5) is 12.9. The second kappa shape index (κ2) is 7.12. The Morgan fingerprint density at radius 3 is 2.59 bits per heavy atom. The van der Waals surface area contributed by atoms with E-state index in [1.54, 1.807) is 12.1 Å². The quantitative estimate of drug-likeness (QED) is 0.309. The molecular formula is C21H22N6O2. The van der Waals surface area contributed by atoms with Gasteiger partial charge in [-0.3, -0.25) is 20.9 Å². The van der Waals surface area contributed by atoms with E-state index in [0.29, 0.717) is 18.9 Å². The van der Waals surface area contributed by atoms with Crippen LogP contribution in [-0.4, -0.2) is 27.1 Å². The largest absolute Gasteiger partial charge is 0.350 e. The van der Waals surface area contributed by atoms with Gasteiger partial charge in [0.15, 0.2) is 11.3 Å². The lowest BCUT2D eigenvalue weighted by molar-refractivity contribution is -0.384. The summed E-state index contributed by atoms with van der Waals surface area (Å²) in [7, 11) is 0. The number of anilines is 1. The Bertz CT molecular complexity index is 1200. The van der Waals surface area contributed by atoms with Crippen molar-refractivity contribution in [1.29, 1.82) is 10.8 Å². The molecule has 1 aliphatic rings. The molecule has 1 aliphatic heterocycles. The standard InChI is InChI=1S/C21H22N6O2/c1-13(2)19(22)26-20(23)17-5-3-4-6-18(17)21(24-26)25-10-9-14-7-8-16(27(28)29)11-15(14)12-25/h3-8,11,13,22-23H,9-10,12H2,1-2H3. The minimum atomic E-state index is -0.375. The predicted octanol–water partition coefficient (Wildman–Crippen LogP) is 3.47. The van der Waals surface area contributed by atoms with E-state index in [4.69, 9.17) is 10.8 Å². The van der Waals surface area contributed by atoms with E-state index in [9.17, 15) is 10.1 Å². The average molecular weight is 390 g/mol. The molecule has 2 heterocycles. The first-order chi connectivity index (χ1) is 13.9. The van der Waals surface area contributed by atoms with Gasteiger partial charge in [-0.25, -0.2) is 0 Å². The van der Waals surface area contributed by atoms with Crippen molar-refractivity contribution >= 4 is 28.1 Å². The third-order valence-corrected chi connectivity index (χ3v) is 5.32. The Balaban J connectivity index is 1.85. The van der Waals surface area contributed by atoms with Gasteiger partial charge >= 0.3 is 0 Å². The van der Waals surface area contributed by atoms with Crippen LogP contribution in [0.5, 0.6) is 0 Å². The van der Waals surface area contributed by atoms with Crippen LogP contribution < -0.4 is 10.4 Å². The highest BCUT2D eigenvalue weighted by Crippen LogP contribution is 2.29. The van der Waals surface area contributed by atoms with Crippen LogP contribution in [0, 0.1) is 26.9 Å². The fourth-order valence-electron chi connectivity index (χ4n) is 3.69. The summed E-state index contributed by atoms with van der Waals surface area (Å²) in [6.45, 7) is 5.03. The lowest BCUT2D eigenvalue weighted by Crippen LogP contribution is -2.37. The van der Waals surface area contributed by atoms with Crippen molar-refractivity contribution in [1.82, 2.24) is 9.78 Å². The third-order valence-electron chi connectivity index (χ3n) is 5.32. The van der Waals surface area contributed by atoms with Gasteiger partial charge in [0.25, 0.3) is 5.69 Å². The Morgan fingerprint density at radius 1 is 1.17 bits per heavy atom. The predicted molar refractivity (Wildman–Crippen MR) is 111 cm³/mol. The number of hydrogen-bond donors (Lipinski definition) is 2. The summed E-state index contributed by atoms with van der Waals surface area (Å²) < 4.78 is 1.39. The Hall–Kier alpha value is -3.55. The third kappa shape index (κ3) is 3.26. The molecule has 0 unspecified atom stereocenters. The van der Waals surface area contributed by atoms with E-state index in [-0.39, 0.29) is 27.9 Å². The Labute approximate surface area is 167 Å². The molecule has 0 fully saturated rings. The summed E-state index contributed by atoms with van der Waals surface area (Å²) in [6.07, 6.45) is 0.758. The second-order valence-corrected chi connectivity index (χ2v) is 7.55. The summed E-state index contributed by atoms with van der Waals surface area (Å²) >= 11 is 0. The van der Waals surface area contributed by atoms with E-state index < -0.39 is 0 Å². The maximum atomic E-state index is 11.2. The van der Waals surface area contributed by atoms with Crippen LogP contribution in [0.15, 0.2) is 42.5 Å². The van der Waals surface area contributed by atoms with Gasteiger partial charge in [0.05, 0.1) is 4.92 Å². The molecule has 2 aromatic carbocycles. The van der Waals surface area contributed by atoms with Crippen LogP contribution in [0.1, 0.15) is 25.0 Å². The number of benzene rings is 2. The second-order valence-electron chi connectivity index (χ2n) is 7.55. The van der Waals surface area contributed by atoms with E-state index in [1.165, 1.54) is 4.68 Å². The SMILES string of the molecule is CC(C)C(=N)n1nc(N2CCc3ccc([N+](=O)[O-])cc3C2)c2ccccc2c1=N. The molecule has 148 valence electrons. The zero-order valence-corrected chi connectivity index (χ0v) is 16.3. The molecule has 0 bridgehead atoms. The number of non-ortho nitro benzene ring substituents is 1.